The molecular formula is C13H21N5O2. The first-order valence-corrected chi connectivity index (χ1v) is 6.84. The van der Waals surface area contributed by atoms with Gasteiger partial charge in [0.2, 0.25) is 5.91 Å². The molecule has 0 aromatic carbocycles. The lowest BCUT2D eigenvalue weighted by molar-refractivity contribution is -0.124. The molecule has 7 nitrogen and oxygen atoms in total. The average Bonchev–Trinajstić information content (AvgIpc) is 2.96. The second-order valence-corrected chi connectivity index (χ2v) is 5.13. The van der Waals surface area contributed by atoms with E-state index in [1.165, 1.54) is 4.90 Å². The van der Waals surface area contributed by atoms with E-state index in [1.807, 2.05) is 24.6 Å². The number of primary amides is 1. The molecule has 2 heterocycles. The zero-order chi connectivity index (χ0) is 14.7. The first-order chi connectivity index (χ1) is 9.49. The van der Waals surface area contributed by atoms with Crippen molar-refractivity contribution in [2.75, 3.05) is 13.1 Å². The van der Waals surface area contributed by atoms with Crippen LogP contribution in [0.1, 0.15) is 24.2 Å². The Morgan fingerprint density at radius 2 is 2.25 bits per heavy atom. The number of nitrogens with zero attached hydrogens (tertiary/aromatic N) is 3. The van der Waals surface area contributed by atoms with E-state index >= 15 is 0 Å². The van der Waals surface area contributed by atoms with Crippen LogP contribution in [0.5, 0.6) is 0 Å². The Hall–Kier alpha value is -2.05. The number of rotatable bonds is 4. The van der Waals surface area contributed by atoms with Gasteiger partial charge < -0.3 is 16.0 Å². The highest BCUT2D eigenvalue weighted by Crippen LogP contribution is 2.16. The lowest BCUT2D eigenvalue weighted by atomic mass is 10.2. The van der Waals surface area contributed by atoms with Gasteiger partial charge in [-0.05, 0) is 32.8 Å². The van der Waals surface area contributed by atoms with Gasteiger partial charge >= 0.3 is 6.03 Å². The number of carbonyl (C=O) groups is 2. The van der Waals surface area contributed by atoms with E-state index in [1.54, 1.807) is 0 Å². The SMILES string of the molecule is Cc1cc(C)n(CCNC(=O)[C@@H]2CCCN2C(N)=O)n1. The molecule has 1 atom stereocenters. The van der Waals surface area contributed by atoms with E-state index < -0.39 is 12.1 Å². The molecule has 0 radical (unpaired) electrons. The maximum atomic E-state index is 12.1. The Bertz CT molecular complexity index is 511. The fourth-order valence-electron chi connectivity index (χ4n) is 2.61. The number of amides is 3. The molecule has 3 amide bonds. The zero-order valence-electron chi connectivity index (χ0n) is 11.9. The number of hydrogen-bond donors (Lipinski definition) is 2. The topological polar surface area (TPSA) is 93.3 Å². The summed E-state index contributed by atoms with van der Waals surface area (Å²) < 4.78 is 1.86. The van der Waals surface area contributed by atoms with Gasteiger partial charge in [0.05, 0.1) is 12.2 Å². The minimum absolute atomic E-state index is 0.136. The van der Waals surface area contributed by atoms with Crippen LogP contribution in [0.25, 0.3) is 0 Å². The standard InChI is InChI=1S/C13H21N5O2/c1-9-8-10(2)18(16-9)7-5-15-12(19)11-4-3-6-17(11)13(14)20/h8,11H,3-7H2,1-2H3,(H2,14,20)(H,15,19)/t11-/m0/s1. The quantitative estimate of drug-likeness (QED) is 0.822. The first-order valence-electron chi connectivity index (χ1n) is 6.84. The summed E-state index contributed by atoms with van der Waals surface area (Å²) >= 11 is 0. The Kier molecular flexibility index (Phi) is 4.26. The first kappa shape index (κ1) is 14.4. The minimum atomic E-state index is -0.527. The molecule has 20 heavy (non-hydrogen) atoms. The lowest BCUT2D eigenvalue weighted by Crippen LogP contribution is -2.48. The second-order valence-electron chi connectivity index (χ2n) is 5.13. The molecule has 2 rings (SSSR count). The third-order valence-corrected chi connectivity index (χ3v) is 3.56. The summed E-state index contributed by atoms with van der Waals surface area (Å²) in [6, 6.07) is 1.04. The highest BCUT2D eigenvalue weighted by Gasteiger charge is 2.32. The molecule has 1 aliphatic heterocycles. The predicted molar refractivity (Wildman–Crippen MR) is 74.0 cm³/mol. The third-order valence-electron chi connectivity index (χ3n) is 3.56. The predicted octanol–water partition coefficient (Wildman–Crippen LogP) is 0.159. The maximum absolute atomic E-state index is 12.1. The summed E-state index contributed by atoms with van der Waals surface area (Å²) in [5.74, 6) is -0.136. The lowest BCUT2D eigenvalue weighted by Gasteiger charge is -2.21. The Balaban J connectivity index is 1.83. The van der Waals surface area contributed by atoms with Crippen LogP contribution in [0, 0.1) is 13.8 Å². The van der Waals surface area contributed by atoms with E-state index in [4.69, 9.17) is 5.73 Å². The van der Waals surface area contributed by atoms with Crippen molar-refractivity contribution in [1.29, 1.82) is 0 Å². The molecule has 1 saturated heterocycles. The molecule has 1 aromatic heterocycles. The van der Waals surface area contributed by atoms with E-state index in [0.29, 0.717) is 26.1 Å². The molecule has 7 heteroatoms. The van der Waals surface area contributed by atoms with Crippen LogP contribution < -0.4 is 11.1 Å². The molecule has 0 aliphatic carbocycles. The number of carbonyl (C=O) groups excluding carboxylic acids is 2. The van der Waals surface area contributed by atoms with Gasteiger partial charge in [0, 0.05) is 18.8 Å². The molecule has 3 N–H and O–H groups in total. The van der Waals surface area contributed by atoms with Crippen molar-refractivity contribution in [3.8, 4) is 0 Å². The minimum Gasteiger partial charge on any atom is -0.352 e. The third kappa shape index (κ3) is 3.09. The molecule has 1 aromatic rings. The molecular weight excluding hydrogens is 258 g/mol. The number of nitrogens with one attached hydrogen (secondary N) is 1. The summed E-state index contributed by atoms with van der Waals surface area (Å²) in [6.45, 7) is 5.59. The zero-order valence-corrected chi connectivity index (χ0v) is 11.9. The molecule has 0 bridgehead atoms. The van der Waals surface area contributed by atoms with Crippen LogP contribution in [-0.4, -0.2) is 45.8 Å². The van der Waals surface area contributed by atoms with Gasteiger partial charge in [-0.2, -0.15) is 5.10 Å². The monoisotopic (exact) mass is 279 g/mol. The smallest absolute Gasteiger partial charge is 0.315 e. The summed E-state index contributed by atoms with van der Waals surface area (Å²) in [5.41, 5.74) is 7.29. The largest absolute Gasteiger partial charge is 0.352 e. The van der Waals surface area contributed by atoms with Gasteiger partial charge in [0.25, 0.3) is 0 Å². The van der Waals surface area contributed by atoms with Gasteiger partial charge in [-0.25, -0.2) is 4.79 Å². The van der Waals surface area contributed by atoms with Crippen molar-refractivity contribution in [2.24, 2.45) is 5.73 Å². The van der Waals surface area contributed by atoms with E-state index in [2.05, 4.69) is 10.4 Å². The molecule has 110 valence electrons. The van der Waals surface area contributed by atoms with Crippen LogP contribution in [0.3, 0.4) is 0 Å². The van der Waals surface area contributed by atoms with E-state index in [-0.39, 0.29) is 5.91 Å². The maximum Gasteiger partial charge on any atom is 0.315 e. The van der Waals surface area contributed by atoms with Crippen molar-refractivity contribution in [3.63, 3.8) is 0 Å². The summed E-state index contributed by atoms with van der Waals surface area (Å²) in [5, 5.41) is 7.17. The number of hydrogen-bond acceptors (Lipinski definition) is 3. The van der Waals surface area contributed by atoms with Crippen LogP contribution in [0.15, 0.2) is 6.07 Å². The van der Waals surface area contributed by atoms with Crippen molar-refractivity contribution < 1.29 is 9.59 Å². The van der Waals surface area contributed by atoms with Crippen LogP contribution in [0.4, 0.5) is 4.79 Å². The van der Waals surface area contributed by atoms with Gasteiger partial charge in [-0.15, -0.1) is 0 Å². The number of likely N-dealkylation sites (tertiary alicyclic amines) is 1. The van der Waals surface area contributed by atoms with Crippen LogP contribution in [-0.2, 0) is 11.3 Å². The van der Waals surface area contributed by atoms with Gasteiger partial charge in [0.1, 0.15) is 6.04 Å². The second kappa shape index (κ2) is 5.94. The Labute approximate surface area is 118 Å². The van der Waals surface area contributed by atoms with Crippen LogP contribution in [0.2, 0.25) is 0 Å². The fraction of sp³-hybridized carbons (Fsp3) is 0.615. The summed E-state index contributed by atoms with van der Waals surface area (Å²) in [6.07, 6.45) is 1.49. The fourth-order valence-corrected chi connectivity index (χ4v) is 2.61. The number of nitrogens with two attached hydrogens (primary N) is 1. The van der Waals surface area contributed by atoms with Gasteiger partial charge in [-0.1, -0.05) is 0 Å². The van der Waals surface area contributed by atoms with E-state index in [0.717, 1.165) is 17.8 Å². The van der Waals surface area contributed by atoms with Crippen molar-refractivity contribution in [1.82, 2.24) is 20.0 Å². The molecule has 1 fully saturated rings. The Morgan fingerprint density at radius 1 is 1.50 bits per heavy atom. The molecule has 0 unspecified atom stereocenters. The summed E-state index contributed by atoms with van der Waals surface area (Å²) in [4.78, 5) is 24.7. The Morgan fingerprint density at radius 3 is 2.85 bits per heavy atom. The number of aryl methyl sites for hydroxylation is 2. The molecule has 0 spiro atoms. The van der Waals surface area contributed by atoms with Gasteiger partial charge in [-0.3, -0.25) is 9.48 Å². The highest BCUT2D eigenvalue weighted by molar-refractivity contribution is 5.87. The van der Waals surface area contributed by atoms with Crippen LogP contribution >= 0.6 is 0 Å². The number of aromatic nitrogens is 2. The van der Waals surface area contributed by atoms with Crippen molar-refractivity contribution in [2.45, 2.75) is 39.3 Å². The van der Waals surface area contributed by atoms with Gasteiger partial charge in [0.15, 0.2) is 0 Å². The number of urea groups is 1. The summed E-state index contributed by atoms with van der Waals surface area (Å²) in [7, 11) is 0. The molecule has 0 saturated carbocycles. The highest BCUT2D eigenvalue weighted by atomic mass is 16.2. The average molecular weight is 279 g/mol. The normalized spacial score (nSPS) is 18.3. The van der Waals surface area contributed by atoms with Crippen molar-refractivity contribution in [3.05, 3.63) is 17.5 Å². The van der Waals surface area contributed by atoms with E-state index in [9.17, 15) is 9.59 Å². The van der Waals surface area contributed by atoms with Crippen molar-refractivity contribution >= 4 is 11.9 Å². The molecule has 1 aliphatic rings.